The zero-order chi connectivity index (χ0) is 13.1. The van der Waals surface area contributed by atoms with Crippen molar-refractivity contribution >= 4 is 5.97 Å². The Kier molecular flexibility index (Phi) is 3.39. The highest BCUT2D eigenvalue weighted by Gasteiger charge is 2.06. The molecule has 0 bridgehead atoms. The summed E-state index contributed by atoms with van der Waals surface area (Å²) in [6, 6.07) is 11.1. The van der Waals surface area contributed by atoms with E-state index in [1.54, 1.807) is 24.3 Å². The number of hydrogen-bond donors (Lipinski definition) is 2. The summed E-state index contributed by atoms with van der Waals surface area (Å²) in [6.45, 7) is 0.132. The average molecular weight is 245 g/mol. The number of carbonyl (C=O) groups is 1. The molecule has 0 fully saturated rings. The first-order chi connectivity index (χ1) is 8.61. The van der Waals surface area contributed by atoms with E-state index < -0.39 is 5.97 Å². The lowest BCUT2D eigenvalue weighted by Crippen LogP contribution is -2.00. The van der Waals surface area contributed by atoms with Gasteiger partial charge in [0.15, 0.2) is 0 Å². The van der Waals surface area contributed by atoms with Gasteiger partial charge in [-0.15, -0.1) is 0 Å². The maximum absolute atomic E-state index is 13.3. The number of hydrogen-bond acceptors (Lipinski definition) is 2. The Balaban J connectivity index is 2.39. The fraction of sp³-hybridized carbons (Fsp3) is 0.0714. The van der Waals surface area contributed by atoms with Crippen LogP contribution in [0, 0.1) is 5.82 Å². The van der Waals surface area contributed by atoms with Crippen LogP contribution in [0.15, 0.2) is 42.5 Å². The van der Waals surface area contributed by atoms with Crippen molar-refractivity contribution in [3.05, 3.63) is 59.4 Å². The normalized spacial score (nSPS) is 10.3. The predicted molar refractivity (Wildman–Crippen MR) is 66.7 cm³/mol. The van der Waals surface area contributed by atoms with Crippen LogP contribution in [0.1, 0.15) is 15.9 Å². The molecule has 0 aliphatic heterocycles. The van der Waals surface area contributed by atoms with Crippen molar-refractivity contribution in [2.75, 3.05) is 0 Å². The molecule has 0 heterocycles. The van der Waals surface area contributed by atoms with Crippen molar-refractivity contribution in [2.24, 2.45) is 5.73 Å². The summed E-state index contributed by atoms with van der Waals surface area (Å²) in [7, 11) is 0. The molecule has 0 aliphatic rings. The molecule has 3 N–H and O–H groups in total. The van der Waals surface area contributed by atoms with Gasteiger partial charge in [0.05, 0.1) is 5.56 Å². The monoisotopic (exact) mass is 245 g/mol. The van der Waals surface area contributed by atoms with E-state index in [4.69, 9.17) is 10.8 Å². The SMILES string of the molecule is NCc1cc(-c2ccc(C(=O)O)cc2)ccc1F. The molecule has 0 aliphatic carbocycles. The predicted octanol–water partition coefficient (Wildman–Crippen LogP) is 2.65. The second kappa shape index (κ2) is 4.98. The Bertz CT molecular complexity index is 579. The molecule has 3 nitrogen and oxygen atoms in total. The molecule has 0 radical (unpaired) electrons. The largest absolute Gasteiger partial charge is 0.478 e. The van der Waals surface area contributed by atoms with Crippen molar-refractivity contribution in [3.63, 3.8) is 0 Å². The van der Waals surface area contributed by atoms with E-state index in [2.05, 4.69) is 0 Å². The van der Waals surface area contributed by atoms with Gasteiger partial charge in [-0.2, -0.15) is 0 Å². The number of halogens is 1. The summed E-state index contributed by atoms with van der Waals surface area (Å²) in [5, 5.41) is 8.80. The standard InChI is InChI=1S/C14H12FNO2/c15-13-6-5-11(7-12(13)8-16)9-1-3-10(4-2-9)14(17)18/h1-7H,8,16H2,(H,17,18). The molecule has 4 heteroatoms. The van der Waals surface area contributed by atoms with Crippen LogP contribution in [-0.4, -0.2) is 11.1 Å². The molecule has 18 heavy (non-hydrogen) atoms. The first-order valence-corrected chi connectivity index (χ1v) is 5.44. The lowest BCUT2D eigenvalue weighted by molar-refractivity contribution is 0.0697. The molecule has 2 rings (SSSR count). The smallest absolute Gasteiger partial charge is 0.335 e. The molecule has 2 aromatic rings. The Morgan fingerprint density at radius 1 is 1.11 bits per heavy atom. The summed E-state index contributed by atoms with van der Waals surface area (Å²) in [6.07, 6.45) is 0. The first kappa shape index (κ1) is 12.3. The van der Waals surface area contributed by atoms with Crippen molar-refractivity contribution in [1.29, 1.82) is 0 Å². The van der Waals surface area contributed by atoms with Crippen LogP contribution in [0.5, 0.6) is 0 Å². The maximum Gasteiger partial charge on any atom is 0.335 e. The number of benzene rings is 2. The Labute approximate surface area is 104 Å². The number of rotatable bonds is 3. The van der Waals surface area contributed by atoms with E-state index in [9.17, 15) is 9.18 Å². The van der Waals surface area contributed by atoms with Crippen molar-refractivity contribution in [2.45, 2.75) is 6.54 Å². The van der Waals surface area contributed by atoms with E-state index in [-0.39, 0.29) is 17.9 Å². The van der Waals surface area contributed by atoms with Gasteiger partial charge >= 0.3 is 5.97 Å². The molecule has 0 saturated heterocycles. The molecule has 0 amide bonds. The molecular formula is C14H12FNO2. The van der Waals surface area contributed by atoms with Crippen LogP contribution in [0.25, 0.3) is 11.1 Å². The fourth-order valence-corrected chi connectivity index (χ4v) is 1.72. The topological polar surface area (TPSA) is 63.3 Å². The van der Waals surface area contributed by atoms with E-state index in [0.717, 1.165) is 11.1 Å². The number of carboxylic acid groups (broad SMARTS) is 1. The zero-order valence-corrected chi connectivity index (χ0v) is 9.56. The number of nitrogens with two attached hydrogens (primary N) is 1. The molecule has 0 unspecified atom stereocenters. The fourth-order valence-electron chi connectivity index (χ4n) is 1.72. The molecule has 92 valence electrons. The van der Waals surface area contributed by atoms with Gasteiger partial charge in [0.1, 0.15) is 5.82 Å². The highest BCUT2D eigenvalue weighted by Crippen LogP contribution is 2.22. The third-order valence-electron chi connectivity index (χ3n) is 2.73. The van der Waals surface area contributed by atoms with Gasteiger partial charge in [-0.3, -0.25) is 0 Å². The van der Waals surface area contributed by atoms with E-state index in [0.29, 0.717) is 5.56 Å². The van der Waals surface area contributed by atoms with Crippen molar-refractivity contribution in [3.8, 4) is 11.1 Å². The first-order valence-electron chi connectivity index (χ1n) is 5.44. The van der Waals surface area contributed by atoms with Crippen LogP contribution in [0.4, 0.5) is 4.39 Å². The Morgan fingerprint density at radius 2 is 1.72 bits per heavy atom. The summed E-state index contributed by atoms with van der Waals surface area (Å²) in [5.41, 5.74) is 7.75. The second-order valence-corrected chi connectivity index (χ2v) is 3.89. The molecule has 0 spiro atoms. The molecule has 0 aromatic heterocycles. The number of aromatic carboxylic acids is 1. The van der Waals surface area contributed by atoms with Gasteiger partial charge in [0.25, 0.3) is 0 Å². The third kappa shape index (κ3) is 2.38. The van der Waals surface area contributed by atoms with Crippen LogP contribution < -0.4 is 5.73 Å². The van der Waals surface area contributed by atoms with Crippen molar-refractivity contribution < 1.29 is 14.3 Å². The summed E-state index contributed by atoms with van der Waals surface area (Å²) >= 11 is 0. The minimum Gasteiger partial charge on any atom is -0.478 e. The van der Waals surface area contributed by atoms with Crippen LogP contribution in [-0.2, 0) is 6.54 Å². The van der Waals surface area contributed by atoms with Crippen LogP contribution in [0.3, 0.4) is 0 Å². The molecule has 2 aromatic carbocycles. The highest BCUT2D eigenvalue weighted by atomic mass is 19.1. The van der Waals surface area contributed by atoms with Crippen LogP contribution in [0.2, 0.25) is 0 Å². The van der Waals surface area contributed by atoms with Crippen LogP contribution >= 0.6 is 0 Å². The van der Waals surface area contributed by atoms with Gasteiger partial charge in [-0.1, -0.05) is 18.2 Å². The number of carboxylic acids is 1. The lowest BCUT2D eigenvalue weighted by atomic mass is 10.0. The summed E-state index contributed by atoms with van der Waals surface area (Å²) in [4.78, 5) is 10.7. The average Bonchev–Trinajstić information content (AvgIpc) is 2.39. The third-order valence-corrected chi connectivity index (χ3v) is 2.73. The Morgan fingerprint density at radius 3 is 2.28 bits per heavy atom. The minimum absolute atomic E-state index is 0.132. The van der Waals surface area contributed by atoms with E-state index in [1.165, 1.54) is 18.2 Å². The van der Waals surface area contributed by atoms with E-state index in [1.807, 2.05) is 0 Å². The summed E-state index contributed by atoms with van der Waals surface area (Å²) < 4.78 is 13.3. The molecular weight excluding hydrogens is 233 g/mol. The van der Waals surface area contributed by atoms with Gasteiger partial charge in [0, 0.05) is 12.1 Å². The van der Waals surface area contributed by atoms with Crippen molar-refractivity contribution in [1.82, 2.24) is 0 Å². The van der Waals surface area contributed by atoms with Gasteiger partial charge in [0.2, 0.25) is 0 Å². The van der Waals surface area contributed by atoms with E-state index >= 15 is 0 Å². The quantitative estimate of drug-likeness (QED) is 0.873. The maximum atomic E-state index is 13.3. The molecule has 0 atom stereocenters. The second-order valence-electron chi connectivity index (χ2n) is 3.89. The van der Waals surface area contributed by atoms with Gasteiger partial charge in [-0.25, -0.2) is 9.18 Å². The lowest BCUT2D eigenvalue weighted by Gasteiger charge is -2.06. The zero-order valence-electron chi connectivity index (χ0n) is 9.56. The summed E-state index contributed by atoms with van der Waals surface area (Å²) in [5.74, 6) is -1.30. The Hall–Kier alpha value is -2.20. The van der Waals surface area contributed by atoms with Gasteiger partial charge in [-0.05, 0) is 35.4 Å². The van der Waals surface area contributed by atoms with Gasteiger partial charge < -0.3 is 10.8 Å². The minimum atomic E-state index is -0.969. The molecule has 0 saturated carbocycles. The highest BCUT2D eigenvalue weighted by molar-refractivity contribution is 5.88.